The van der Waals surface area contributed by atoms with Crippen LogP contribution in [0.2, 0.25) is 5.02 Å². The molecular weight excluding hydrogens is 217 g/mol. The number of ether oxygens (including phenoxy) is 1. The van der Waals surface area contributed by atoms with E-state index in [4.69, 9.17) is 22.1 Å². The van der Waals surface area contributed by atoms with Gasteiger partial charge in [-0.05, 0) is 25.1 Å². The molecule has 4 heteroatoms. The van der Waals surface area contributed by atoms with Crippen LogP contribution in [0.1, 0.15) is 24.9 Å². The summed E-state index contributed by atoms with van der Waals surface area (Å²) in [5, 5.41) is 0.625. The summed E-state index contributed by atoms with van der Waals surface area (Å²) in [4.78, 5) is 0. The van der Waals surface area contributed by atoms with Crippen molar-refractivity contribution in [3.8, 4) is 5.75 Å². The van der Waals surface area contributed by atoms with Crippen molar-refractivity contribution in [1.82, 2.24) is 0 Å². The van der Waals surface area contributed by atoms with Crippen molar-refractivity contribution in [1.29, 1.82) is 0 Å². The van der Waals surface area contributed by atoms with Gasteiger partial charge in [-0.25, -0.2) is 0 Å². The number of rotatable bonds is 5. The van der Waals surface area contributed by atoms with Crippen LogP contribution >= 0.6 is 11.6 Å². The Hall–Kier alpha value is -0.800. The van der Waals surface area contributed by atoms with Crippen molar-refractivity contribution in [3.63, 3.8) is 0 Å². The van der Waals surface area contributed by atoms with Crippen LogP contribution in [-0.4, -0.2) is 13.3 Å². The average molecular weight is 232 g/mol. The molecule has 15 heavy (non-hydrogen) atoms. The zero-order chi connectivity index (χ0) is 11.3. The number of hydrogen-bond donors (Lipinski definition) is 1. The first-order valence-corrected chi connectivity index (χ1v) is 5.26. The van der Waals surface area contributed by atoms with E-state index in [1.165, 1.54) is 0 Å². The van der Waals surface area contributed by atoms with Crippen molar-refractivity contribution < 1.29 is 9.13 Å². The summed E-state index contributed by atoms with van der Waals surface area (Å²) in [6, 6.07) is 5.12. The summed E-state index contributed by atoms with van der Waals surface area (Å²) >= 11 is 5.85. The second-order valence-corrected chi connectivity index (χ2v) is 3.80. The lowest BCUT2D eigenvalue weighted by molar-refractivity contribution is 0.286. The predicted molar refractivity (Wildman–Crippen MR) is 60.1 cm³/mol. The summed E-state index contributed by atoms with van der Waals surface area (Å²) in [5.41, 5.74) is 6.62. The minimum Gasteiger partial charge on any atom is -0.493 e. The van der Waals surface area contributed by atoms with Crippen LogP contribution in [0, 0.1) is 0 Å². The third-order valence-corrected chi connectivity index (χ3v) is 2.23. The maximum absolute atomic E-state index is 11.9. The van der Waals surface area contributed by atoms with E-state index in [1.54, 1.807) is 18.2 Å². The molecule has 1 aromatic carbocycles. The molecule has 0 aliphatic heterocycles. The highest BCUT2D eigenvalue weighted by molar-refractivity contribution is 6.30. The van der Waals surface area contributed by atoms with E-state index in [2.05, 4.69) is 0 Å². The number of hydrogen-bond acceptors (Lipinski definition) is 2. The van der Waals surface area contributed by atoms with Gasteiger partial charge in [0.25, 0.3) is 0 Å². The highest BCUT2D eigenvalue weighted by atomic mass is 35.5. The second-order valence-electron chi connectivity index (χ2n) is 3.36. The molecule has 0 aliphatic rings. The fraction of sp³-hybridized carbons (Fsp3) is 0.455. The molecule has 0 unspecified atom stereocenters. The van der Waals surface area contributed by atoms with Gasteiger partial charge in [0, 0.05) is 23.0 Å². The maximum Gasteiger partial charge on any atom is 0.124 e. The highest BCUT2D eigenvalue weighted by Gasteiger charge is 2.08. The van der Waals surface area contributed by atoms with Crippen molar-refractivity contribution in [2.45, 2.75) is 19.4 Å². The molecule has 2 nitrogen and oxygen atoms in total. The Morgan fingerprint density at radius 3 is 2.87 bits per heavy atom. The van der Waals surface area contributed by atoms with E-state index in [-0.39, 0.29) is 12.7 Å². The lowest BCUT2D eigenvalue weighted by Gasteiger charge is -2.13. The molecule has 2 N–H and O–H groups in total. The van der Waals surface area contributed by atoms with Gasteiger partial charge >= 0.3 is 0 Å². The molecule has 0 amide bonds. The molecule has 84 valence electrons. The van der Waals surface area contributed by atoms with E-state index < -0.39 is 0 Å². The maximum atomic E-state index is 11.9. The summed E-state index contributed by atoms with van der Waals surface area (Å²) < 4.78 is 17.3. The summed E-state index contributed by atoms with van der Waals surface area (Å²) in [5.74, 6) is 0.683. The molecular formula is C11H15ClFNO. The molecule has 1 atom stereocenters. The topological polar surface area (TPSA) is 35.2 Å². The lowest BCUT2D eigenvalue weighted by atomic mass is 10.1. The quantitative estimate of drug-likeness (QED) is 0.791. The first-order valence-electron chi connectivity index (χ1n) is 4.89. The van der Waals surface area contributed by atoms with Gasteiger partial charge in [-0.1, -0.05) is 11.6 Å². The Morgan fingerprint density at radius 1 is 1.53 bits per heavy atom. The molecule has 0 radical (unpaired) electrons. The van der Waals surface area contributed by atoms with E-state index >= 15 is 0 Å². The van der Waals surface area contributed by atoms with Crippen LogP contribution < -0.4 is 10.5 Å². The molecule has 0 saturated heterocycles. The van der Waals surface area contributed by atoms with Crippen LogP contribution in [0.4, 0.5) is 4.39 Å². The van der Waals surface area contributed by atoms with Crippen LogP contribution in [0.5, 0.6) is 5.75 Å². The number of benzene rings is 1. The Kier molecular flexibility index (Phi) is 4.85. The smallest absolute Gasteiger partial charge is 0.124 e. The zero-order valence-corrected chi connectivity index (χ0v) is 9.43. The van der Waals surface area contributed by atoms with Gasteiger partial charge in [-0.15, -0.1) is 0 Å². The van der Waals surface area contributed by atoms with Crippen molar-refractivity contribution >= 4 is 11.6 Å². The number of halogens is 2. The minimum atomic E-state index is -0.374. The normalized spacial score (nSPS) is 12.5. The second kappa shape index (κ2) is 5.93. The lowest BCUT2D eigenvalue weighted by Crippen LogP contribution is -2.09. The van der Waals surface area contributed by atoms with Crippen LogP contribution in [0.3, 0.4) is 0 Å². The van der Waals surface area contributed by atoms with Crippen LogP contribution in [-0.2, 0) is 0 Å². The summed E-state index contributed by atoms with van der Waals surface area (Å²) in [7, 11) is 0. The van der Waals surface area contributed by atoms with E-state index in [0.29, 0.717) is 23.8 Å². The monoisotopic (exact) mass is 231 g/mol. The van der Waals surface area contributed by atoms with Gasteiger partial charge < -0.3 is 10.5 Å². The van der Waals surface area contributed by atoms with Crippen LogP contribution in [0.15, 0.2) is 18.2 Å². The molecule has 0 spiro atoms. The first-order chi connectivity index (χ1) is 7.15. The van der Waals surface area contributed by atoms with Gasteiger partial charge in [0.15, 0.2) is 0 Å². The Morgan fingerprint density at radius 2 is 2.27 bits per heavy atom. The average Bonchev–Trinajstić information content (AvgIpc) is 2.20. The molecule has 0 fully saturated rings. The summed E-state index contributed by atoms with van der Waals surface area (Å²) in [6.07, 6.45) is 0.390. The Bertz CT molecular complexity index is 317. The highest BCUT2D eigenvalue weighted by Crippen LogP contribution is 2.27. The van der Waals surface area contributed by atoms with Gasteiger partial charge in [0.1, 0.15) is 5.75 Å². The Labute approximate surface area is 94.2 Å². The van der Waals surface area contributed by atoms with Crippen molar-refractivity contribution in [3.05, 3.63) is 28.8 Å². The predicted octanol–water partition coefficient (Wildman–Crippen LogP) is 3.10. The van der Waals surface area contributed by atoms with E-state index in [9.17, 15) is 4.39 Å². The molecule has 0 saturated carbocycles. The molecule has 1 aromatic rings. The third kappa shape index (κ3) is 3.68. The first kappa shape index (κ1) is 12.3. The van der Waals surface area contributed by atoms with Gasteiger partial charge in [0.05, 0.1) is 13.3 Å². The molecule has 0 aromatic heterocycles. The molecule has 0 heterocycles. The minimum absolute atomic E-state index is 0.149. The summed E-state index contributed by atoms with van der Waals surface area (Å²) in [6.45, 7) is 1.84. The number of alkyl halides is 1. The standard InChI is InChI=1S/C11H15ClFNO/c1-8(14)10-7-9(12)3-4-11(10)15-6-2-5-13/h3-4,7-8H,2,5-6,14H2,1H3/t8-/m0/s1. The molecule has 0 aliphatic carbocycles. The zero-order valence-electron chi connectivity index (χ0n) is 8.67. The van der Waals surface area contributed by atoms with Crippen molar-refractivity contribution in [2.75, 3.05) is 13.3 Å². The van der Waals surface area contributed by atoms with E-state index in [1.807, 2.05) is 6.92 Å². The van der Waals surface area contributed by atoms with Gasteiger partial charge in [0.2, 0.25) is 0 Å². The third-order valence-electron chi connectivity index (χ3n) is 2.00. The van der Waals surface area contributed by atoms with E-state index in [0.717, 1.165) is 5.56 Å². The fourth-order valence-electron chi connectivity index (χ4n) is 1.24. The SMILES string of the molecule is C[C@H](N)c1cc(Cl)ccc1OCCCF. The van der Waals surface area contributed by atoms with Gasteiger partial charge in [-0.3, -0.25) is 4.39 Å². The molecule has 0 bridgehead atoms. The Balaban J connectivity index is 2.77. The largest absolute Gasteiger partial charge is 0.493 e. The number of nitrogens with two attached hydrogens (primary N) is 1. The van der Waals surface area contributed by atoms with Crippen LogP contribution in [0.25, 0.3) is 0 Å². The van der Waals surface area contributed by atoms with Gasteiger partial charge in [-0.2, -0.15) is 0 Å². The molecule has 1 rings (SSSR count). The fourth-order valence-corrected chi connectivity index (χ4v) is 1.42. The van der Waals surface area contributed by atoms with Crippen molar-refractivity contribution in [2.24, 2.45) is 5.73 Å².